The zero-order valence-electron chi connectivity index (χ0n) is 30.1. The molecule has 0 amide bonds. The molecule has 22 heteroatoms. The average Bonchev–Trinajstić information content (AvgIpc) is 3.11. The predicted molar refractivity (Wildman–Crippen MR) is 208 cm³/mol. The van der Waals surface area contributed by atoms with E-state index in [2.05, 4.69) is 19.4 Å². The van der Waals surface area contributed by atoms with Gasteiger partial charge in [0, 0.05) is 91.4 Å². The maximum atomic E-state index is 12.3. The maximum Gasteiger partial charge on any atom is 0.300 e. The summed E-state index contributed by atoms with van der Waals surface area (Å²) in [6.45, 7) is 2.17. The normalized spacial score (nSPS) is 10.2. The second kappa shape index (κ2) is 23.5. The molecule has 18 nitrogen and oxygen atoms in total. The topological polar surface area (TPSA) is 283 Å². The fourth-order valence-electron chi connectivity index (χ4n) is 4.63. The van der Waals surface area contributed by atoms with E-state index >= 15 is 0 Å². The number of nitro groups is 2. The number of nitrogens with zero attached hydrogens (tertiary/aromatic N) is 6. The molecule has 0 atom stereocenters. The van der Waals surface area contributed by atoms with E-state index in [-0.39, 0.29) is 63.6 Å². The summed E-state index contributed by atoms with van der Waals surface area (Å²) in [6, 6.07) is 28.3. The number of nitro benzene ring substituents is 2. The summed E-state index contributed by atoms with van der Waals surface area (Å²) in [6.07, 6.45) is 3.13. The number of sulfonamides is 2. The molecule has 0 aliphatic heterocycles. The second-order valence-electron chi connectivity index (χ2n) is 11.2. The first-order chi connectivity index (χ1) is 26.4. The standard InChI is InChI=1S/2C16H12N3O4S.2C2H4O2.2Pd/c2*20-19(21)14-7-1-4-12(10-14)11-24(22,23)18-15-8-2-5-13-6-3-9-17-16(13)15;2*1-2(3)4;;/h2*1-10H,11H2;2*1H3,(H,3,4);;/q2*-1;;;;. The van der Waals surface area contributed by atoms with Crippen LogP contribution in [0.5, 0.6) is 0 Å². The monoisotopic (exact) mass is 1020 g/mol. The summed E-state index contributed by atoms with van der Waals surface area (Å²) >= 11 is 0. The molecule has 0 bridgehead atoms. The largest absolute Gasteiger partial charge is 0.575 e. The summed E-state index contributed by atoms with van der Waals surface area (Å²) in [5.41, 5.74) is 1.77. The number of hydrogen-bond donors (Lipinski definition) is 2. The van der Waals surface area contributed by atoms with Crippen molar-refractivity contribution in [2.45, 2.75) is 25.4 Å². The Bertz CT molecular complexity index is 2400. The van der Waals surface area contributed by atoms with Gasteiger partial charge in [0.15, 0.2) is 0 Å². The molecule has 0 radical (unpaired) electrons. The van der Waals surface area contributed by atoms with Crippen molar-refractivity contribution in [2.75, 3.05) is 0 Å². The molecule has 2 heterocycles. The van der Waals surface area contributed by atoms with E-state index in [9.17, 15) is 37.1 Å². The van der Waals surface area contributed by atoms with Crippen molar-refractivity contribution in [3.63, 3.8) is 0 Å². The van der Waals surface area contributed by atoms with Gasteiger partial charge in [-0.05, 0) is 34.0 Å². The van der Waals surface area contributed by atoms with Crippen LogP contribution in [0.4, 0.5) is 22.7 Å². The Balaban J connectivity index is 0.000000476. The summed E-state index contributed by atoms with van der Waals surface area (Å²) in [5, 5.41) is 38.0. The Kier molecular flexibility index (Phi) is 20.4. The Hall–Kier alpha value is -5.74. The Morgan fingerprint density at radius 2 is 0.897 bits per heavy atom. The number of carboxylic acid groups (broad SMARTS) is 2. The minimum Gasteiger partial charge on any atom is -0.575 e. The van der Waals surface area contributed by atoms with Crippen LogP contribution in [0.15, 0.2) is 122 Å². The number of para-hydroxylation sites is 2. The molecule has 312 valence electrons. The van der Waals surface area contributed by atoms with Gasteiger partial charge in [0.2, 0.25) is 0 Å². The molecule has 0 aliphatic rings. The van der Waals surface area contributed by atoms with Crippen LogP contribution < -0.4 is 0 Å². The first-order valence-corrected chi connectivity index (χ1v) is 19.0. The van der Waals surface area contributed by atoms with E-state index in [1.165, 1.54) is 48.5 Å². The smallest absolute Gasteiger partial charge is 0.300 e. The third-order valence-electron chi connectivity index (χ3n) is 6.64. The Morgan fingerprint density at radius 1 is 0.586 bits per heavy atom. The maximum absolute atomic E-state index is 12.3. The molecule has 0 saturated carbocycles. The third-order valence-corrected chi connectivity index (χ3v) is 8.98. The van der Waals surface area contributed by atoms with Crippen molar-refractivity contribution in [3.8, 4) is 0 Å². The number of carbonyl (C=O) groups is 2. The number of benzene rings is 4. The number of hydrogen-bond acceptors (Lipinski definition) is 12. The summed E-state index contributed by atoms with van der Waals surface area (Å²) in [7, 11) is -7.72. The number of aromatic nitrogens is 2. The van der Waals surface area contributed by atoms with Crippen molar-refractivity contribution in [2.24, 2.45) is 0 Å². The second-order valence-corrected chi connectivity index (χ2v) is 14.5. The summed E-state index contributed by atoms with van der Waals surface area (Å²) in [4.78, 5) is 46.8. The van der Waals surface area contributed by atoms with Crippen LogP contribution in [0.25, 0.3) is 31.3 Å². The SMILES string of the molecule is CC(=O)O.CC(=O)O.O=[N+]([O-])c1cccc(CS(=O)(=O)[N-]c2cccc3cccnc23)c1.O=[N+]([O-])c1cccc(CS(=O)(=O)[N-]c2cccc3cccnc23)c1.[Pd].[Pd]. The quantitative estimate of drug-likeness (QED) is 0.0762. The molecule has 58 heavy (non-hydrogen) atoms. The van der Waals surface area contributed by atoms with E-state index in [1.54, 1.807) is 48.8 Å². The van der Waals surface area contributed by atoms with Crippen LogP contribution in [0, 0.1) is 20.2 Å². The molecule has 2 aromatic heterocycles. The number of aliphatic carboxylic acids is 2. The summed E-state index contributed by atoms with van der Waals surface area (Å²) < 4.78 is 57.0. The van der Waals surface area contributed by atoms with Crippen LogP contribution in [0.1, 0.15) is 25.0 Å². The Labute approximate surface area is 359 Å². The zero-order chi connectivity index (χ0) is 41.5. The van der Waals surface area contributed by atoms with Gasteiger partial charge in [0.25, 0.3) is 23.3 Å². The molecule has 6 rings (SSSR count). The van der Waals surface area contributed by atoms with E-state index in [4.69, 9.17) is 19.8 Å². The summed E-state index contributed by atoms with van der Waals surface area (Å²) in [5.74, 6) is -2.50. The molecule has 0 unspecified atom stereocenters. The van der Waals surface area contributed by atoms with Gasteiger partial charge in [-0.1, -0.05) is 72.8 Å². The molecular weight excluding hydrogens is 985 g/mol. The number of fused-ring (bicyclic) bond motifs is 2. The van der Waals surface area contributed by atoms with Gasteiger partial charge in [-0.3, -0.25) is 39.8 Å². The van der Waals surface area contributed by atoms with Crippen LogP contribution in [0.3, 0.4) is 0 Å². The number of pyridine rings is 2. The predicted octanol–water partition coefficient (Wildman–Crippen LogP) is 7.53. The zero-order valence-corrected chi connectivity index (χ0v) is 34.8. The van der Waals surface area contributed by atoms with E-state index in [0.717, 1.165) is 24.6 Å². The van der Waals surface area contributed by atoms with Crippen molar-refractivity contribution in [1.82, 2.24) is 9.97 Å². The van der Waals surface area contributed by atoms with Crippen LogP contribution >= 0.6 is 0 Å². The first-order valence-electron chi connectivity index (χ1n) is 15.8. The van der Waals surface area contributed by atoms with Gasteiger partial charge >= 0.3 is 0 Å². The molecule has 6 aromatic rings. The third kappa shape index (κ3) is 17.2. The van der Waals surface area contributed by atoms with Crippen molar-refractivity contribution in [1.29, 1.82) is 0 Å². The van der Waals surface area contributed by atoms with Crippen LogP contribution in [-0.2, 0) is 82.0 Å². The molecule has 0 fully saturated rings. The minimum absolute atomic E-state index is 0. The van der Waals surface area contributed by atoms with Gasteiger partial charge in [-0.25, -0.2) is 16.8 Å². The molecule has 0 spiro atoms. The van der Waals surface area contributed by atoms with E-state index < -0.39 is 53.3 Å². The van der Waals surface area contributed by atoms with Gasteiger partial charge in [-0.2, -0.15) is 0 Å². The molecular formula is C36H32N6O12Pd2S2-2. The van der Waals surface area contributed by atoms with E-state index in [1.807, 2.05) is 24.3 Å². The van der Waals surface area contributed by atoms with Crippen LogP contribution in [0.2, 0.25) is 0 Å². The Morgan fingerprint density at radius 3 is 1.22 bits per heavy atom. The van der Waals surface area contributed by atoms with E-state index in [0.29, 0.717) is 22.2 Å². The molecule has 4 aromatic carbocycles. The van der Waals surface area contributed by atoms with Crippen molar-refractivity contribution < 1.29 is 87.3 Å². The number of carboxylic acids is 2. The van der Waals surface area contributed by atoms with Gasteiger partial charge in [-0.15, -0.1) is 11.4 Å². The minimum atomic E-state index is -3.86. The molecule has 2 N–H and O–H groups in total. The molecule has 0 saturated heterocycles. The van der Waals surface area contributed by atoms with Gasteiger partial charge in [0.05, 0.1) is 52.4 Å². The fourth-order valence-corrected chi connectivity index (χ4v) is 6.85. The molecule has 0 aliphatic carbocycles. The fraction of sp³-hybridized carbons (Fsp3) is 0.111. The van der Waals surface area contributed by atoms with Crippen molar-refractivity contribution in [3.05, 3.63) is 162 Å². The van der Waals surface area contributed by atoms with Crippen LogP contribution in [-0.4, -0.2) is 58.8 Å². The number of rotatable bonds is 10. The average molecular weight is 1020 g/mol. The van der Waals surface area contributed by atoms with Gasteiger partial charge < -0.3 is 19.7 Å². The van der Waals surface area contributed by atoms with Crippen molar-refractivity contribution >= 4 is 76.5 Å². The van der Waals surface area contributed by atoms with Gasteiger partial charge in [0.1, 0.15) is 0 Å². The number of non-ortho nitro benzene ring substituents is 2. The first kappa shape index (κ1) is 50.3.